The number of ether oxygens (including phenoxy) is 1. The highest BCUT2D eigenvalue weighted by Crippen LogP contribution is 2.32. The Morgan fingerprint density at radius 2 is 1.66 bits per heavy atom. The van der Waals surface area contributed by atoms with E-state index >= 15 is 0 Å². The lowest BCUT2D eigenvalue weighted by atomic mass is 10.1. The average Bonchev–Trinajstić information content (AvgIpc) is 3.16. The van der Waals surface area contributed by atoms with Crippen LogP contribution in [0.2, 0.25) is 0 Å². The summed E-state index contributed by atoms with van der Waals surface area (Å²) in [5.74, 6) is 0.719. The summed E-state index contributed by atoms with van der Waals surface area (Å²) in [7, 11) is 3.96. The fourth-order valence-corrected chi connectivity index (χ4v) is 4.41. The molecule has 0 spiro atoms. The average molecular weight is 446 g/mol. The third-order valence-electron chi connectivity index (χ3n) is 4.89. The molecule has 0 radical (unpaired) electrons. The van der Waals surface area contributed by atoms with Gasteiger partial charge in [0, 0.05) is 31.4 Å². The largest absolute Gasteiger partial charge is 0.460 e. The molecule has 0 atom stereocenters. The lowest BCUT2D eigenvalue weighted by Crippen LogP contribution is -2.24. The molecule has 0 fully saturated rings. The van der Waals surface area contributed by atoms with Crippen molar-refractivity contribution >= 4 is 33.3 Å². The van der Waals surface area contributed by atoms with Gasteiger partial charge in [-0.1, -0.05) is 30.3 Å². The molecule has 2 heterocycles. The van der Waals surface area contributed by atoms with Crippen molar-refractivity contribution in [2.75, 3.05) is 19.0 Å². The van der Waals surface area contributed by atoms with Crippen LogP contribution >= 0.6 is 11.3 Å². The molecule has 5 nitrogen and oxygen atoms in total. The van der Waals surface area contributed by atoms with E-state index in [1.54, 1.807) is 11.3 Å². The first-order valence-corrected chi connectivity index (χ1v) is 11.4. The zero-order chi connectivity index (χ0) is 22.9. The first-order valence-electron chi connectivity index (χ1n) is 10.5. The van der Waals surface area contributed by atoms with Crippen LogP contribution in [0.5, 0.6) is 0 Å². The molecule has 2 aromatic heterocycles. The smallest absolute Gasteiger partial charge is 0.310 e. The highest BCUT2D eigenvalue weighted by atomic mass is 32.1. The Kier molecular flexibility index (Phi) is 5.98. The summed E-state index contributed by atoms with van der Waals surface area (Å²) in [5.41, 5.74) is 4.67. The minimum absolute atomic E-state index is 0.217. The normalized spacial score (nSPS) is 11.5. The summed E-state index contributed by atoms with van der Waals surface area (Å²) in [4.78, 5) is 23.4. The van der Waals surface area contributed by atoms with Gasteiger partial charge in [-0.2, -0.15) is 0 Å². The molecule has 0 saturated heterocycles. The van der Waals surface area contributed by atoms with E-state index in [2.05, 4.69) is 35.3 Å². The van der Waals surface area contributed by atoms with E-state index in [9.17, 15) is 4.79 Å². The molecular formula is C26H27N3O2S. The van der Waals surface area contributed by atoms with Crippen molar-refractivity contribution in [2.24, 2.45) is 0 Å². The van der Waals surface area contributed by atoms with Gasteiger partial charge in [0.15, 0.2) is 0 Å². The number of carbonyl (C=O) groups is 1. The first-order chi connectivity index (χ1) is 15.2. The Balaban J connectivity index is 1.52. The lowest BCUT2D eigenvalue weighted by Gasteiger charge is -2.19. The highest BCUT2D eigenvalue weighted by molar-refractivity contribution is 7.21. The van der Waals surface area contributed by atoms with E-state index in [0.717, 1.165) is 43.3 Å². The van der Waals surface area contributed by atoms with Crippen molar-refractivity contribution in [3.05, 3.63) is 66.4 Å². The van der Waals surface area contributed by atoms with Crippen LogP contribution in [0.3, 0.4) is 0 Å². The number of nitrogens with zero attached hydrogens (tertiary/aromatic N) is 3. The van der Waals surface area contributed by atoms with Crippen molar-refractivity contribution < 1.29 is 9.53 Å². The van der Waals surface area contributed by atoms with Crippen LogP contribution in [0.1, 0.15) is 26.3 Å². The van der Waals surface area contributed by atoms with Crippen LogP contribution in [0.15, 0.2) is 60.8 Å². The fourth-order valence-electron chi connectivity index (χ4n) is 3.37. The number of carbonyl (C=O) groups excluding carboxylic acids is 1. The number of rotatable bonds is 5. The van der Waals surface area contributed by atoms with E-state index in [4.69, 9.17) is 9.72 Å². The number of thiazole rings is 1. The van der Waals surface area contributed by atoms with Gasteiger partial charge in [-0.15, -0.1) is 11.3 Å². The molecule has 4 aromatic rings. The van der Waals surface area contributed by atoms with Gasteiger partial charge in [0.2, 0.25) is 0 Å². The Morgan fingerprint density at radius 3 is 2.28 bits per heavy atom. The number of anilines is 1. The van der Waals surface area contributed by atoms with E-state index in [1.165, 1.54) is 0 Å². The summed E-state index contributed by atoms with van der Waals surface area (Å²) in [6, 6.07) is 18.4. The molecule has 0 aliphatic heterocycles. The number of aromatic nitrogens is 2. The van der Waals surface area contributed by atoms with Crippen molar-refractivity contribution in [3.63, 3.8) is 0 Å². The molecular weight excluding hydrogens is 418 g/mol. The number of hydrogen-bond donors (Lipinski definition) is 0. The molecule has 2 aromatic carbocycles. The lowest BCUT2D eigenvalue weighted by molar-refractivity contribution is -0.153. The molecule has 0 amide bonds. The van der Waals surface area contributed by atoms with Crippen molar-refractivity contribution in [3.8, 4) is 21.7 Å². The predicted molar refractivity (Wildman–Crippen MR) is 132 cm³/mol. The van der Waals surface area contributed by atoms with Crippen molar-refractivity contribution in [2.45, 2.75) is 32.8 Å². The molecule has 0 aliphatic carbocycles. The fraction of sp³-hybridized carbons (Fsp3) is 0.269. The topological polar surface area (TPSA) is 55.3 Å². The number of pyridine rings is 1. The highest BCUT2D eigenvalue weighted by Gasteiger charge is 2.17. The van der Waals surface area contributed by atoms with Gasteiger partial charge in [0.25, 0.3) is 0 Å². The van der Waals surface area contributed by atoms with E-state index < -0.39 is 5.60 Å². The predicted octanol–water partition coefficient (Wildman–Crippen LogP) is 5.98. The quantitative estimate of drug-likeness (QED) is 0.354. The maximum Gasteiger partial charge on any atom is 0.310 e. The van der Waals surface area contributed by atoms with Crippen LogP contribution in [-0.4, -0.2) is 35.6 Å². The van der Waals surface area contributed by atoms with Gasteiger partial charge in [-0.3, -0.25) is 4.79 Å². The summed E-state index contributed by atoms with van der Waals surface area (Å²) >= 11 is 1.63. The second kappa shape index (κ2) is 8.71. The second-order valence-electron chi connectivity index (χ2n) is 8.96. The van der Waals surface area contributed by atoms with Crippen LogP contribution in [0.4, 0.5) is 5.82 Å². The molecule has 0 saturated carbocycles. The van der Waals surface area contributed by atoms with Crippen LogP contribution in [-0.2, 0) is 16.0 Å². The number of hydrogen-bond acceptors (Lipinski definition) is 6. The molecule has 32 heavy (non-hydrogen) atoms. The van der Waals surface area contributed by atoms with Crippen LogP contribution in [0, 0.1) is 0 Å². The van der Waals surface area contributed by atoms with Gasteiger partial charge in [-0.25, -0.2) is 9.97 Å². The maximum atomic E-state index is 12.2. The third-order valence-corrected chi connectivity index (χ3v) is 5.96. The Morgan fingerprint density at radius 1 is 0.969 bits per heavy atom. The summed E-state index contributed by atoms with van der Waals surface area (Å²) in [6.45, 7) is 5.64. The zero-order valence-electron chi connectivity index (χ0n) is 19.0. The monoisotopic (exact) mass is 445 g/mol. The molecule has 4 rings (SSSR count). The van der Waals surface area contributed by atoms with Gasteiger partial charge in [0.1, 0.15) is 16.4 Å². The van der Waals surface area contributed by atoms with Gasteiger partial charge in [-0.05, 0) is 56.2 Å². The SMILES string of the molecule is CN(C)c1ccc(-c2ccc(-c3nc4ccc(CC(=O)OC(C)(C)C)cc4s3)cc2)cn1. The Labute approximate surface area is 192 Å². The minimum atomic E-state index is -0.477. The van der Waals surface area contributed by atoms with Crippen LogP contribution < -0.4 is 4.90 Å². The molecule has 0 aliphatic rings. The van der Waals surface area contributed by atoms with E-state index in [-0.39, 0.29) is 12.4 Å². The summed E-state index contributed by atoms with van der Waals surface area (Å²) in [6.07, 6.45) is 2.16. The zero-order valence-corrected chi connectivity index (χ0v) is 19.9. The van der Waals surface area contributed by atoms with E-state index in [0.29, 0.717) is 0 Å². The molecule has 0 N–H and O–H groups in total. The number of esters is 1. The van der Waals surface area contributed by atoms with E-state index in [1.807, 2.05) is 70.2 Å². The minimum Gasteiger partial charge on any atom is -0.460 e. The van der Waals surface area contributed by atoms with Crippen LogP contribution in [0.25, 0.3) is 31.9 Å². The molecule has 0 unspecified atom stereocenters. The Hall–Kier alpha value is -3.25. The van der Waals surface area contributed by atoms with Crippen molar-refractivity contribution in [1.29, 1.82) is 0 Å². The standard InChI is InChI=1S/C26H27N3O2S/c1-26(2,3)31-24(30)15-17-6-12-21-22(14-17)32-25(28-21)19-9-7-18(8-10-19)20-11-13-23(27-16-20)29(4)5/h6-14,16H,15H2,1-5H3. The molecule has 0 bridgehead atoms. The first kappa shape index (κ1) is 22.0. The van der Waals surface area contributed by atoms with Gasteiger partial charge < -0.3 is 9.64 Å². The Bertz CT molecular complexity index is 1240. The van der Waals surface area contributed by atoms with Crippen molar-refractivity contribution in [1.82, 2.24) is 9.97 Å². The summed E-state index contributed by atoms with van der Waals surface area (Å²) < 4.78 is 6.50. The molecule has 6 heteroatoms. The number of benzene rings is 2. The van der Waals surface area contributed by atoms with Gasteiger partial charge in [0.05, 0.1) is 16.6 Å². The van der Waals surface area contributed by atoms with Gasteiger partial charge >= 0.3 is 5.97 Å². The summed E-state index contributed by atoms with van der Waals surface area (Å²) in [5, 5.41) is 0.960. The maximum absolute atomic E-state index is 12.2. The molecule has 164 valence electrons. The second-order valence-corrected chi connectivity index (χ2v) is 9.99. The third kappa shape index (κ3) is 5.14. The number of fused-ring (bicyclic) bond motifs is 1.